The molecule has 0 N–H and O–H groups in total. The first-order valence-electron chi connectivity index (χ1n) is 13.1. The predicted octanol–water partition coefficient (Wildman–Crippen LogP) is 9.74. The first-order valence-corrected chi connectivity index (χ1v) is 14.6. The van der Waals surface area contributed by atoms with E-state index in [9.17, 15) is 0 Å². The summed E-state index contributed by atoms with van der Waals surface area (Å²) in [6.45, 7) is 2.11. The molecular formula is C34H21BrN4S. The molecule has 6 heteroatoms. The summed E-state index contributed by atoms with van der Waals surface area (Å²) >= 11 is 5.13. The van der Waals surface area contributed by atoms with Gasteiger partial charge in [-0.3, -0.25) is 4.57 Å². The third-order valence-electron chi connectivity index (χ3n) is 7.62. The van der Waals surface area contributed by atoms with Gasteiger partial charge in [-0.1, -0.05) is 91.0 Å². The van der Waals surface area contributed by atoms with Crippen LogP contribution >= 0.6 is 27.7 Å². The molecule has 0 radical (unpaired) electrons. The van der Waals surface area contributed by atoms with Gasteiger partial charge in [0, 0.05) is 26.4 Å². The molecule has 0 amide bonds. The maximum atomic E-state index is 5.41. The van der Waals surface area contributed by atoms with Crippen LogP contribution in [0.2, 0.25) is 0 Å². The van der Waals surface area contributed by atoms with Gasteiger partial charge in [0.25, 0.3) is 0 Å². The fraction of sp³-hybridized carbons (Fsp3) is 0.0294. The van der Waals surface area contributed by atoms with Crippen LogP contribution in [0, 0.1) is 6.92 Å². The topological polar surface area (TPSA) is 43.6 Å². The lowest BCUT2D eigenvalue weighted by molar-refractivity contribution is 1.10. The van der Waals surface area contributed by atoms with Crippen LogP contribution in [0.15, 0.2) is 114 Å². The Bertz CT molecular complexity index is 2250. The number of nitrogens with zero attached hydrogens (tertiary/aromatic N) is 4. The number of aryl methyl sites for hydroxylation is 1. The summed E-state index contributed by atoms with van der Waals surface area (Å²) in [7, 11) is 0. The Hall–Kier alpha value is -4.39. The zero-order valence-electron chi connectivity index (χ0n) is 21.5. The lowest BCUT2D eigenvalue weighted by atomic mass is 10.00. The molecule has 0 bridgehead atoms. The molecule has 2 heterocycles. The van der Waals surface area contributed by atoms with Crippen LogP contribution < -0.4 is 0 Å². The van der Waals surface area contributed by atoms with E-state index in [0.29, 0.717) is 0 Å². The van der Waals surface area contributed by atoms with Crippen LogP contribution in [0.4, 0.5) is 0 Å². The molecule has 0 aliphatic carbocycles. The number of benzene rings is 6. The van der Waals surface area contributed by atoms with Crippen LogP contribution in [-0.4, -0.2) is 18.3 Å². The molecular weight excluding hydrogens is 576 g/mol. The molecule has 40 heavy (non-hydrogen) atoms. The number of hydrogen-bond acceptors (Lipinski definition) is 4. The van der Waals surface area contributed by atoms with Crippen molar-refractivity contribution in [3.05, 3.63) is 119 Å². The number of fused-ring (bicyclic) bond motifs is 7. The number of aromatic nitrogens is 4. The minimum absolute atomic E-state index is 0.846. The summed E-state index contributed by atoms with van der Waals surface area (Å²) in [6.07, 6.45) is 0. The number of halogens is 1. The van der Waals surface area contributed by atoms with Gasteiger partial charge in [0.15, 0.2) is 0 Å². The van der Waals surface area contributed by atoms with Gasteiger partial charge in [-0.15, -0.1) is 0 Å². The quantitative estimate of drug-likeness (QED) is 0.191. The molecule has 0 saturated heterocycles. The van der Waals surface area contributed by atoms with Crippen LogP contribution in [-0.2, 0) is 0 Å². The minimum atomic E-state index is 0.846. The lowest BCUT2D eigenvalue weighted by Gasteiger charge is -2.15. The second kappa shape index (κ2) is 9.08. The first-order chi connectivity index (χ1) is 19.7. The summed E-state index contributed by atoms with van der Waals surface area (Å²) in [5.74, 6) is 0.846. The van der Waals surface area contributed by atoms with E-state index < -0.39 is 0 Å². The highest BCUT2D eigenvalue weighted by atomic mass is 79.9. The average Bonchev–Trinajstić information content (AvgIpc) is 3.64. The molecule has 4 nitrogen and oxygen atoms in total. The summed E-state index contributed by atoms with van der Waals surface area (Å²) in [4.78, 5) is 5.41. The van der Waals surface area contributed by atoms with Gasteiger partial charge in [-0.25, -0.2) is 4.98 Å². The number of imidazole rings is 1. The van der Waals surface area contributed by atoms with Crippen molar-refractivity contribution in [2.24, 2.45) is 0 Å². The fourth-order valence-corrected chi connectivity index (χ4v) is 7.06. The monoisotopic (exact) mass is 596 g/mol. The van der Waals surface area contributed by atoms with Gasteiger partial charge in [0.2, 0.25) is 0 Å². The summed E-state index contributed by atoms with van der Waals surface area (Å²) in [5, 5.41) is 4.70. The minimum Gasteiger partial charge on any atom is -0.290 e. The van der Waals surface area contributed by atoms with Gasteiger partial charge >= 0.3 is 0 Å². The largest absolute Gasteiger partial charge is 0.290 e. The molecule has 190 valence electrons. The van der Waals surface area contributed by atoms with E-state index in [1.54, 1.807) is 0 Å². The van der Waals surface area contributed by atoms with Crippen LogP contribution in [0.5, 0.6) is 0 Å². The molecule has 2 aromatic heterocycles. The second-order valence-electron chi connectivity index (χ2n) is 10.0. The van der Waals surface area contributed by atoms with Crippen molar-refractivity contribution in [3.8, 4) is 28.2 Å². The van der Waals surface area contributed by atoms with Gasteiger partial charge < -0.3 is 0 Å². The normalized spacial score (nSPS) is 11.8. The maximum absolute atomic E-state index is 5.41. The Labute approximate surface area is 243 Å². The van der Waals surface area contributed by atoms with Gasteiger partial charge in [0.1, 0.15) is 16.9 Å². The summed E-state index contributed by atoms with van der Waals surface area (Å²) < 4.78 is 12.9. The number of rotatable bonds is 3. The molecule has 0 fully saturated rings. The zero-order chi connectivity index (χ0) is 26.8. The first kappa shape index (κ1) is 23.5. The van der Waals surface area contributed by atoms with E-state index in [1.165, 1.54) is 28.1 Å². The van der Waals surface area contributed by atoms with E-state index in [4.69, 9.17) is 13.7 Å². The van der Waals surface area contributed by atoms with Crippen molar-refractivity contribution in [1.29, 1.82) is 0 Å². The highest BCUT2D eigenvalue weighted by molar-refractivity contribution is 9.10. The Morgan fingerprint density at radius 1 is 0.625 bits per heavy atom. The fourth-order valence-electron chi connectivity index (χ4n) is 5.81. The lowest BCUT2D eigenvalue weighted by Crippen LogP contribution is -2.00. The van der Waals surface area contributed by atoms with E-state index in [-0.39, 0.29) is 0 Å². The van der Waals surface area contributed by atoms with Crippen molar-refractivity contribution in [2.45, 2.75) is 6.92 Å². The van der Waals surface area contributed by atoms with Crippen LogP contribution in [0.3, 0.4) is 0 Å². The SMILES string of the molecule is Cc1ccc(-n2c(-c3ccc(-c4ccccc4)c4nsnc34)nc3c4ccccc4c4ccccc4c32)c(Br)c1. The average molecular weight is 598 g/mol. The third-order valence-corrected chi connectivity index (χ3v) is 8.78. The third kappa shape index (κ3) is 3.46. The zero-order valence-corrected chi connectivity index (χ0v) is 23.9. The van der Waals surface area contributed by atoms with Crippen molar-refractivity contribution in [3.63, 3.8) is 0 Å². The summed E-state index contributed by atoms with van der Waals surface area (Å²) in [6, 6.07) is 38.3. The van der Waals surface area contributed by atoms with Gasteiger partial charge in [-0.05, 0) is 63.0 Å². The van der Waals surface area contributed by atoms with Crippen molar-refractivity contribution in [1.82, 2.24) is 18.3 Å². The van der Waals surface area contributed by atoms with Gasteiger partial charge in [-0.2, -0.15) is 8.75 Å². The molecule has 0 aliphatic rings. The predicted molar refractivity (Wildman–Crippen MR) is 170 cm³/mol. The Balaban J connectivity index is 1.55. The molecule has 8 aromatic rings. The molecule has 6 aromatic carbocycles. The Kier molecular flexibility index (Phi) is 5.33. The molecule has 0 atom stereocenters. The van der Waals surface area contributed by atoms with E-state index in [2.05, 4.69) is 131 Å². The molecule has 0 aliphatic heterocycles. The standard InChI is InChI=1S/C34H21BrN4S/c1-20-15-18-29(28(35)19-20)39-33-26-14-8-6-12-24(26)23-11-5-7-13-25(23)32(33)36-34(39)27-17-16-22(21-9-3-2-4-10-21)30-31(27)38-40-37-30/h2-19H,1H3. The van der Waals surface area contributed by atoms with Gasteiger partial charge in [0.05, 0.1) is 28.4 Å². The molecule has 0 spiro atoms. The summed E-state index contributed by atoms with van der Waals surface area (Å²) in [5.41, 5.74) is 9.19. The highest BCUT2D eigenvalue weighted by Gasteiger charge is 2.24. The Morgan fingerprint density at radius 3 is 2.00 bits per heavy atom. The number of hydrogen-bond donors (Lipinski definition) is 0. The van der Waals surface area contributed by atoms with Crippen molar-refractivity contribution < 1.29 is 0 Å². The highest BCUT2D eigenvalue weighted by Crippen LogP contribution is 2.42. The molecule has 0 unspecified atom stereocenters. The second-order valence-corrected chi connectivity index (χ2v) is 11.4. The van der Waals surface area contributed by atoms with E-state index in [1.807, 2.05) is 6.07 Å². The van der Waals surface area contributed by atoms with Crippen molar-refractivity contribution >= 4 is 71.3 Å². The van der Waals surface area contributed by atoms with Crippen LogP contribution in [0.25, 0.3) is 71.8 Å². The smallest absolute Gasteiger partial charge is 0.148 e. The maximum Gasteiger partial charge on any atom is 0.148 e. The van der Waals surface area contributed by atoms with Crippen molar-refractivity contribution in [2.75, 3.05) is 0 Å². The molecule has 0 saturated carbocycles. The van der Waals surface area contributed by atoms with E-state index in [0.717, 1.165) is 65.5 Å². The van der Waals surface area contributed by atoms with Crippen LogP contribution in [0.1, 0.15) is 5.56 Å². The molecule has 8 rings (SSSR count). The van der Waals surface area contributed by atoms with E-state index >= 15 is 0 Å². The Morgan fingerprint density at radius 2 is 1.25 bits per heavy atom.